The van der Waals surface area contributed by atoms with E-state index in [1.807, 2.05) is 12.1 Å². The molecule has 2 rings (SSSR count). The first-order valence-corrected chi connectivity index (χ1v) is 7.61. The predicted molar refractivity (Wildman–Crippen MR) is 81.0 cm³/mol. The van der Waals surface area contributed by atoms with Crippen molar-refractivity contribution in [2.24, 2.45) is 11.8 Å². The van der Waals surface area contributed by atoms with Gasteiger partial charge in [-0.2, -0.15) is 0 Å². The maximum Gasteiger partial charge on any atom is 0.224 e. The third-order valence-electron chi connectivity index (χ3n) is 3.70. The second kappa shape index (κ2) is 6.53. The first-order chi connectivity index (χ1) is 9.06. The van der Waals surface area contributed by atoms with Gasteiger partial charge in [0.1, 0.15) is 0 Å². The zero-order valence-corrected chi connectivity index (χ0v) is 13.0. The van der Waals surface area contributed by atoms with Gasteiger partial charge in [-0.1, -0.05) is 35.0 Å². The molecule has 19 heavy (non-hydrogen) atoms. The highest BCUT2D eigenvalue weighted by Crippen LogP contribution is 2.16. The predicted octanol–water partition coefficient (Wildman–Crippen LogP) is 2.35. The summed E-state index contributed by atoms with van der Waals surface area (Å²) in [5.41, 5.74) is 1.24. The number of amides is 1. The van der Waals surface area contributed by atoms with Crippen molar-refractivity contribution in [3.05, 3.63) is 34.3 Å². The van der Waals surface area contributed by atoms with E-state index in [0.29, 0.717) is 5.92 Å². The van der Waals surface area contributed by atoms with Gasteiger partial charge in [-0.3, -0.25) is 4.79 Å². The van der Waals surface area contributed by atoms with Gasteiger partial charge in [0.15, 0.2) is 0 Å². The molecule has 0 spiro atoms. The zero-order chi connectivity index (χ0) is 13.8. The highest BCUT2D eigenvalue weighted by Gasteiger charge is 2.29. The second-order valence-corrected chi connectivity index (χ2v) is 6.40. The van der Waals surface area contributed by atoms with Gasteiger partial charge in [0.2, 0.25) is 5.91 Å². The topological polar surface area (TPSA) is 41.1 Å². The Morgan fingerprint density at radius 3 is 2.68 bits per heavy atom. The first kappa shape index (κ1) is 14.5. The standard InChI is InChI=1S/C15H21BrN2O/c1-10-8-17-9-14(10)15(19)18-11(2)7-12-3-5-13(16)6-4-12/h3-6,10-11,14,17H,7-9H2,1-2H3,(H,18,19)/t10-,11?,14-/m1/s1. The molecule has 1 fully saturated rings. The van der Waals surface area contributed by atoms with Crippen LogP contribution in [0, 0.1) is 11.8 Å². The molecule has 1 aliphatic heterocycles. The molecule has 0 aliphatic carbocycles. The van der Waals surface area contributed by atoms with Gasteiger partial charge < -0.3 is 10.6 Å². The van der Waals surface area contributed by atoms with Crippen LogP contribution in [0.5, 0.6) is 0 Å². The molecule has 1 heterocycles. The molecule has 1 amide bonds. The summed E-state index contributed by atoms with van der Waals surface area (Å²) in [5.74, 6) is 0.731. The van der Waals surface area contributed by atoms with Crippen molar-refractivity contribution in [3.8, 4) is 0 Å². The summed E-state index contributed by atoms with van der Waals surface area (Å²) >= 11 is 3.43. The second-order valence-electron chi connectivity index (χ2n) is 5.48. The molecule has 4 heteroatoms. The lowest BCUT2D eigenvalue weighted by Gasteiger charge is -2.19. The Morgan fingerprint density at radius 2 is 2.11 bits per heavy atom. The molecule has 104 valence electrons. The van der Waals surface area contributed by atoms with Gasteiger partial charge in [-0.25, -0.2) is 0 Å². The molecular weight excluding hydrogens is 304 g/mol. The Labute approximate surface area is 123 Å². The first-order valence-electron chi connectivity index (χ1n) is 6.82. The molecule has 1 aromatic rings. The summed E-state index contributed by atoms with van der Waals surface area (Å²) in [6, 6.07) is 8.42. The van der Waals surface area contributed by atoms with Crippen molar-refractivity contribution >= 4 is 21.8 Å². The van der Waals surface area contributed by atoms with Crippen LogP contribution in [0.4, 0.5) is 0 Å². The summed E-state index contributed by atoms with van der Waals surface area (Å²) in [6.07, 6.45) is 0.869. The van der Waals surface area contributed by atoms with Crippen LogP contribution in [0.25, 0.3) is 0 Å². The van der Waals surface area contributed by atoms with Crippen molar-refractivity contribution < 1.29 is 4.79 Å². The summed E-state index contributed by atoms with van der Waals surface area (Å²) in [5, 5.41) is 6.39. The van der Waals surface area contributed by atoms with Gasteiger partial charge in [-0.05, 0) is 43.5 Å². The summed E-state index contributed by atoms with van der Waals surface area (Å²) in [4.78, 5) is 12.2. The lowest BCUT2D eigenvalue weighted by atomic mass is 9.96. The van der Waals surface area contributed by atoms with E-state index in [2.05, 4.69) is 52.5 Å². The van der Waals surface area contributed by atoms with Crippen LogP contribution in [0.3, 0.4) is 0 Å². The Hall–Kier alpha value is -0.870. The van der Waals surface area contributed by atoms with Crippen LogP contribution in [-0.2, 0) is 11.2 Å². The highest BCUT2D eigenvalue weighted by atomic mass is 79.9. The number of hydrogen-bond acceptors (Lipinski definition) is 2. The zero-order valence-electron chi connectivity index (χ0n) is 11.4. The van der Waals surface area contributed by atoms with E-state index in [0.717, 1.165) is 24.0 Å². The average Bonchev–Trinajstić information content (AvgIpc) is 2.78. The van der Waals surface area contributed by atoms with Gasteiger partial charge in [0.05, 0.1) is 5.92 Å². The Bertz CT molecular complexity index is 432. The van der Waals surface area contributed by atoms with E-state index in [1.54, 1.807) is 0 Å². The van der Waals surface area contributed by atoms with Crippen molar-refractivity contribution in [2.75, 3.05) is 13.1 Å². The molecular formula is C15H21BrN2O. The van der Waals surface area contributed by atoms with Crippen LogP contribution in [0.15, 0.2) is 28.7 Å². The van der Waals surface area contributed by atoms with Crippen molar-refractivity contribution in [1.82, 2.24) is 10.6 Å². The number of carbonyl (C=O) groups excluding carboxylic acids is 1. The number of benzene rings is 1. The maximum atomic E-state index is 12.2. The van der Waals surface area contributed by atoms with Crippen LogP contribution >= 0.6 is 15.9 Å². The molecule has 1 aliphatic rings. The van der Waals surface area contributed by atoms with E-state index in [4.69, 9.17) is 0 Å². The normalized spacial score (nSPS) is 24.2. The van der Waals surface area contributed by atoms with Crippen LogP contribution in [0.2, 0.25) is 0 Å². The smallest absolute Gasteiger partial charge is 0.224 e. The Balaban J connectivity index is 1.85. The van der Waals surface area contributed by atoms with Crippen LogP contribution < -0.4 is 10.6 Å². The van der Waals surface area contributed by atoms with Crippen molar-refractivity contribution in [3.63, 3.8) is 0 Å². The molecule has 2 N–H and O–H groups in total. The number of rotatable bonds is 4. The summed E-state index contributed by atoms with van der Waals surface area (Å²) in [7, 11) is 0. The molecule has 0 radical (unpaired) electrons. The fraction of sp³-hybridized carbons (Fsp3) is 0.533. The van der Waals surface area contributed by atoms with E-state index in [1.165, 1.54) is 5.56 Å². The third-order valence-corrected chi connectivity index (χ3v) is 4.23. The molecule has 3 atom stereocenters. The van der Waals surface area contributed by atoms with Crippen molar-refractivity contribution in [1.29, 1.82) is 0 Å². The van der Waals surface area contributed by atoms with E-state index < -0.39 is 0 Å². The fourth-order valence-corrected chi connectivity index (χ4v) is 2.80. The van der Waals surface area contributed by atoms with E-state index in [9.17, 15) is 4.79 Å². The molecule has 0 aromatic heterocycles. The molecule has 1 saturated heterocycles. The van der Waals surface area contributed by atoms with Gasteiger partial charge >= 0.3 is 0 Å². The molecule has 0 bridgehead atoms. The molecule has 3 nitrogen and oxygen atoms in total. The minimum atomic E-state index is 0.118. The van der Waals surface area contributed by atoms with Gasteiger partial charge in [0, 0.05) is 17.1 Å². The quantitative estimate of drug-likeness (QED) is 0.892. The summed E-state index contributed by atoms with van der Waals surface area (Å²) < 4.78 is 1.08. The lowest BCUT2D eigenvalue weighted by Crippen LogP contribution is -2.40. The van der Waals surface area contributed by atoms with E-state index in [-0.39, 0.29) is 17.9 Å². The summed E-state index contributed by atoms with van der Waals surface area (Å²) in [6.45, 7) is 5.94. The Morgan fingerprint density at radius 1 is 1.42 bits per heavy atom. The minimum absolute atomic E-state index is 0.118. The largest absolute Gasteiger partial charge is 0.353 e. The minimum Gasteiger partial charge on any atom is -0.353 e. The number of carbonyl (C=O) groups is 1. The van der Waals surface area contributed by atoms with Crippen molar-refractivity contribution in [2.45, 2.75) is 26.3 Å². The third kappa shape index (κ3) is 4.05. The Kier molecular flexibility index (Phi) is 4.99. The van der Waals surface area contributed by atoms with Crippen LogP contribution in [0.1, 0.15) is 19.4 Å². The number of halogens is 1. The monoisotopic (exact) mass is 324 g/mol. The van der Waals surface area contributed by atoms with Gasteiger partial charge in [0.25, 0.3) is 0 Å². The SMILES string of the molecule is CC(Cc1ccc(Br)cc1)NC(=O)[C@@H]1CNC[C@H]1C. The lowest BCUT2D eigenvalue weighted by molar-refractivity contribution is -0.126. The molecule has 0 saturated carbocycles. The molecule has 1 aromatic carbocycles. The van der Waals surface area contributed by atoms with Crippen LogP contribution in [-0.4, -0.2) is 25.0 Å². The average molecular weight is 325 g/mol. The van der Waals surface area contributed by atoms with E-state index >= 15 is 0 Å². The molecule has 1 unspecified atom stereocenters. The van der Waals surface area contributed by atoms with Gasteiger partial charge in [-0.15, -0.1) is 0 Å². The maximum absolute atomic E-state index is 12.2. The highest BCUT2D eigenvalue weighted by molar-refractivity contribution is 9.10. The number of hydrogen-bond donors (Lipinski definition) is 2. The number of nitrogens with one attached hydrogen (secondary N) is 2. The fourth-order valence-electron chi connectivity index (χ4n) is 2.54.